The second-order valence-electron chi connectivity index (χ2n) is 8.18. The molecule has 1 unspecified atom stereocenters. The third kappa shape index (κ3) is 2.68. The smallest absolute Gasteiger partial charge is 0.326 e. The first-order valence-corrected chi connectivity index (χ1v) is 10.3. The number of aromatic amines is 1. The van der Waals surface area contributed by atoms with E-state index in [9.17, 15) is 4.39 Å². The summed E-state index contributed by atoms with van der Waals surface area (Å²) in [5.41, 5.74) is 8.35. The van der Waals surface area contributed by atoms with Crippen molar-refractivity contribution in [2.24, 2.45) is 11.7 Å². The predicted molar refractivity (Wildman–Crippen MR) is 117 cm³/mol. The van der Waals surface area contributed by atoms with Crippen LogP contribution in [-0.2, 0) is 0 Å². The van der Waals surface area contributed by atoms with Gasteiger partial charge in [-0.1, -0.05) is 0 Å². The Balaban J connectivity index is 1.51. The van der Waals surface area contributed by atoms with E-state index in [0.717, 1.165) is 23.9 Å². The minimum absolute atomic E-state index is 0.143. The van der Waals surface area contributed by atoms with E-state index < -0.39 is 0 Å². The fraction of sp³-hybridized carbons (Fsp3) is 0.273. The summed E-state index contributed by atoms with van der Waals surface area (Å²) in [6, 6.07) is 8.79. The van der Waals surface area contributed by atoms with Crippen molar-refractivity contribution in [1.82, 2.24) is 19.9 Å². The Kier molecular flexibility index (Phi) is 3.97. The van der Waals surface area contributed by atoms with Crippen molar-refractivity contribution in [2.75, 3.05) is 23.8 Å². The Morgan fingerprint density at radius 2 is 2.22 bits per heavy atom. The molecule has 2 aliphatic rings. The average Bonchev–Trinajstić information content (AvgIpc) is 3.15. The summed E-state index contributed by atoms with van der Waals surface area (Å²) in [4.78, 5) is 18.8. The fourth-order valence-electron chi connectivity index (χ4n) is 4.69. The number of hydrogen-bond donors (Lipinski definition) is 3. The number of piperidine rings is 1. The highest BCUT2D eigenvalue weighted by molar-refractivity contribution is 6.14. The van der Waals surface area contributed by atoms with Gasteiger partial charge in [-0.2, -0.15) is 15.2 Å². The molecule has 6 rings (SSSR count). The predicted octanol–water partition coefficient (Wildman–Crippen LogP) is 2.89. The van der Waals surface area contributed by atoms with Crippen LogP contribution in [-0.4, -0.2) is 45.6 Å². The lowest BCUT2D eigenvalue weighted by Crippen LogP contribution is -2.71. The fourth-order valence-corrected chi connectivity index (χ4v) is 4.69. The van der Waals surface area contributed by atoms with Gasteiger partial charge in [-0.05, 0) is 30.7 Å². The molecule has 3 atom stereocenters. The third-order valence-corrected chi connectivity index (χ3v) is 6.45. The molecule has 1 aliphatic heterocycles. The van der Waals surface area contributed by atoms with Crippen LogP contribution in [0.4, 0.5) is 15.9 Å². The lowest BCUT2D eigenvalue weighted by molar-refractivity contribution is 0.121. The molecule has 0 radical (unpaired) electrons. The molecule has 4 aromatic rings. The van der Waals surface area contributed by atoms with E-state index in [1.807, 2.05) is 6.07 Å². The zero-order valence-electron chi connectivity index (χ0n) is 17.1. The molecular formula is C22H19FN8O. The van der Waals surface area contributed by atoms with E-state index >= 15 is 0 Å². The van der Waals surface area contributed by atoms with Crippen molar-refractivity contribution >= 4 is 33.4 Å². The van der Waals surface area contributed by atoms with E-state index in [4.69, 9.17) is 20.7 Å². The number of hydrogen-bond acceptors (Lipinski definition) is 8. The van der Waals surface area contributed by atoms with Crippen molar-refractivity contribution in [3.8, 4) is 17.8 Å². The molecule has 2 fully saturated rings. The maximum Gasteiger partial charge on any atom is 0.326 e. The first-order valence-electron chi connectivity index (χ1n) is 10.3. The van der Waals surface area contributed by atoms with Gasteiger partial charge in [0.15, 0.2) is 0 Å². The summed E-state index contributed by atoms with van der Waals surface area (Å²) in [5, 5.41) is 13.4. The molecule has 4 heterocycles. The molecule has 1 saturated heterocycles. The summed E-state index contributed by atoms with van der Waals surface area (Å²) < 4.78 is 20.2. The zero-order valence-corrected chi connectivity index (χ0v) is 17.1. The van der Waals surface area contributed by atoms with Crippen LogP contribution in [0.3, 0.4) is 0 Å². The van der Waals surface area contributed by atoms with Crippen LogP contribution in [0.5, 0.6) is 11.8 Å². The number of benzene rings is 1. The normalized spacial score (nSPS) is 21.6. The number of nitrogens with two attached hydrogens (primary N) is 1. The summed E-state index contributed by atoms with van der Waals surface area (Å²) in [6.45, 7) is 0.788. The highest BCUT2D eigenvalue weighted by Gasteiger charge is 2.52. The van der Waals surface area contributed by atoms with Gasteiger partial charge >= 0.3 is 6.01 Å². The Morgan fingerprint density at radius 3 is 2.88 bits per heavy atom. The molecule has 10 heteroatoms. The third-order valence-electron chi connectivity index (χ3n) is 6.45. The van der Waals surface area contributed by atoms with Crippen LogP contribution in [0.25, 0.3) is 21.9 Å². The molecule has 32 heavy (non-hydrogen) atoms. The second kappa shape index (κ2) is 6.77. The number of aromatic nitrogens is 4. The lowest BCUT2D eigenvalue weighted by atomic mass is 9.67. The van der Waals surface area contributed by atoms with Gasteiger partial charge in [0, 0.05) is 37.0 Å². The number of nitriles is 1. The highest BCUT2D eigenvalue weighted by Crippen LogP contribution is 2.46. The number of nitrogens with zero attached hydrogens (tertiary/aromatic N) is 5. The number of nitrogens with one attached hydrogen (secondary N) is 2. The largest absolute Gasteiger partial charge is 0.423 e. The molecular weight excluding hydrogens is 411 g/mol. The lowest BCUT2D eigenvalue weighted by Gasteiger charge is -2.59. The van der Waals surface area contributed by atoms with Gasteiger partial charge in [0.1, 0.15) is 34.8 Å². The number of H-pyrrole nitrogens is 1. The molecule has 0 amide bonds. The van der Waals surface area contributed by atoms with Crippen LogP contribution in [0.2, 0.25) is 0 Å². The van der Waals surface area contributed by atoms with E-state index in [1.165, 1.54) is 18.3 Å². The molecule has 3 aromatic heterocycles. The second-order valence-corrected chi connectivity index (χ2v) is 8.18. The number of pyridine rings is 1. The standard InChI is InChI=1S/C22H19FN8O/c1-26-16-5-10(23)4-13-18-20(28-19(13)16)29-22(32-12-3-2-11(7-24)27-8-12)30-21(18)31-9-14-15(25)6-17(14)31/h2-5,8,14-15,17,26H,6,9,25H2,1H3,(H,28,29,30)/t14?,15-,17+/m1/s1. The Labute approximate surface area is 182 Å². The molecule has 9 nitrogen and oxygen atoms in total. The van der Waals surface area contributed by atoms with E-state index in [-0.39, 0.29) is 17.9 Å². The first-order chi connectivity index (χ1) is 15.6. The Bertz CT molecular complexity index is 1410. The quantitative estimate of drug-likeness (QED) is 0.451. The van der Waals surface area contributed by atoms with Crippen LogP contribution in [0.1, 0.15) is 12.1 Å². The molecule has 1 saturated carbocycles. The SMILES string of the molecule is CNc1cc(F)cc2c1[nH]c1nc(Oc3ccc(C#N)nc3)nc(N3CC4[C@H](N)C[C@@H]43)c12. The van der Waals surface area contributed by atoms with Gasteiger partial charge in [0.05, 0.1) is 22.8 Å². The Morgan fingerprint density at radius 1 is 1.34 bits per heavy atom. The van der Waals surface area contributed by atoms with Crippen LogP contribution in [0, 0.1) is 23.1 Å². The number of anilines is 2. The van der Waals surface area contributed by atoms with Crippen molar-refractivity contribution < 1.29 is 9.13 Å². The van der Waals surface area contributed by atoms with Gasteiger partial charge in [-0.25, -0.2) is 9.37 Å². The summed E-state index contributed by atoms with van der Waals surface area (Å²) >= 11 is 0. The molecule has 1 aliphatic carbocycles. The minimum atomic E-state index is -0.343. The number of rotatable bonds is 4. The van der Waals surface area contributed by atoms with Crippen LogP contribution >= 0.6 is 0 Å². The van der Waals surface area contributed by atoms with Gasteiger partial charge < -0.3 is 25.7 Å². The van der Waals surface area contributed by atoms with Crippen LogP contribution in [0.15, 0.2) is 30.5 Å². The van der Waals surface area contributed by atoms with E-state index in [1.54, 1.807) is 19.2 Å². The van der Waals surface area contributed by atoms with E-state index in [0.29, 0.717) is 45.9 Å². The van der Waals surface area contributed by atoms with Gasteiger partial charge in [0.25, 0.3) is 0 Å². The van der Waals surface area contributed by atoms with E-state index in [2.05, 4.69) is 25.2 Å². The zero-order chi connectivity index (χ0) is 22.0. The van der Waals surface area contributed by atoms with Crippen LogP contribution < -0.4 is 20.7 Å². The number of halogens is 1. The molecule has 1 aromatic carbocycles. The maximum atomic E-state index is 14.4. The highest BCUT2D eigenvalue weighted by atomic mass is 19.1. The van der Waals surface area contributed by atoms with Gasteiger partial charge in [0.2, 0.25) is 0 Å². The maximum absolute atomic E-state index is 14.4. The van der Waals surface area contributed by atoms with Crippen molar-refractivity contribution in [2.45, 2.75) is 18.5 Å². The summed E-state index contributed by atoms with van der Waals surface area (Å²) in [7, 11) is 1.74. The number of ether oxygens (including phenoxy) is 1. The van der Waals surface area contributed by atoms with Crippen molar-refractivity contribution in [3.05, 3.63) is 42.0 Å². The molecule has 0 bridgehead atoms. The topological polar surface area (TPSA) is 129 Å². The van der Waals surface area contributed by atoms with Crippen molar-refractivity contribution in [1.29, 1.82) is 5.26 Å². The monoisotopic (exact) mass is 430 g/mol. The van der Waals surface area contributed by atoms with Crippen molar-refractivity contribution in [3.63, 3.8) is 0 Å². The average molecular weight is 430 g/mol. The number of fused-ring (bicyclic) bond motifs is 4. The first kappa shape index (κ1) is 18.8. The summed E-state index contributed by atoms with van der Waals surface area (Å²) in [6.07, 6.45) is 2.35. The summed E-state index contributed by atoms with van der Waals surface area (Å²) in [5.74, 6) is 1.21. The molecule has 160 valence electrons. The molecule has 4 N–H and O–H groups in total. The van der Waals surface area contributed by atoms with Gasteiger partial charge in [-0.15, -0.1) is 0 Å². The van der Waals surface area contributed by atoms with Gasteiger partial charge in [-0.3, -0.25) is 0 Å². The minimum Gasteiger partial charge on any atom is -0.423 e. The molecule has 0 spiro atoms. The Hall–Kier alpha value is -3.97.